The van der Waals surface area contributed by atoms with Gasteiger partial charge in [0.2, 0.25) is 5.88 Å². The first-order valence-corrected chi connectivity index (χ1v) is 7.90. The molecule has 0 aliphatic rings. The number of nitrogens with zero attached hydrogens (tertiary/aromatic N) is 4. The molecule has 2 aromatic carbocycles. The highest BCUT2D eigenvalue weighted by Gasteiger charge is 2.14. The lowest BCUT2D eigenvalue weighted by Crippen LogP contribution is -2.05. The number of fused-ring (bicyclic) bond motifs is 2. The van der Waals surface area contributed by atoms with E-state index in [0.717, 1.165) is 21.8 Å². The number of aryl methyl sites for hydroxylation is 1. The van der Waals surface area contributed by atoms with E-state index in [1.54, 1.807) is 11.6 Å². The first kappa shape index (κ1) is 15.1. The van der Waals surface area contributed by atoms with Gasteiger partial charge in [0.05, 0.1) is 5.52 Å². The second kappa shape index (κ2) is 5.90. The molecule has 6 heteroatoms. The standard InChI is InChI=1S/C19H16N4O2/c1-22-16-9-5-3-7-14(16)18(19(22)25)21-20-17(24)12-23-11-10-13-6-2-4-8-15(13)23/h2-11,25H,12H2,1H3. The first-order valence-electron chi connectivity index (χ1n) is 7.90. The number of benzene rings is 2. The molecule has 2 heterocycles. The van der Waals surface area contributed by atoms with Gasteiger partial charge in [0.1, 0.15) is 6.54 Å². The van der Waals surface area contributed by atoms with E-state index >= 15 is 0 Å². The third-order valence-corrected chi connectivity index (χ3v) is 4.30. The fourth-order valence-electron chi connectivity index (χ4n) is 3.02. The topological polar surface area (TPSA) is 71.9 Å². The Morgan fingerprint density at radius 3 is 2.60 bits per heavy atom. The minimum absolute atomic E-state index is 0.0100. The van der Waals surface area contributed by atoms with Crippen LogP contribution in [0.4, 0.5) is 5.69 Å². The number of hydrogen-bond donors (Lipinski definition) is 1. The molecule has 0 unspecified atom stereocenters. The number of aromatic nitrogens is 2. The number of azo groups is 1. The van der Waals surface area contributed by atoms with Crippen LogP contribution < -0.4 is 0 Å². The zero-order valence-electron chi connectivity index (χ0n) is 13.6. The molecule has 25 heavy (non-hydrogen) atoms. The van der Waals surface area contributed by atoms with Gasteiger partial charge in [0.25, 0.3) is 5.91 Å². The fourth-order valence-corrected chi connectivity index (χ4v) is 3.02. The Kier molecular flexibility index (Phi) is 3.57. The highest BCUT2D eigenvalue weighted by atomic mass is 16.3. The maximum absolute atomic E-state index is 12.2. The van der Waals surface area contributed by atoms with E-state index in [1.165, 1.54) is 0 Å². The Labute approximate surface area is 143 Å². The number of para-hydroxylation sites is 2. The summed E-state index contributed by atoms with van der Waals surface area (Å²) >= 11 is 0. The van der Waals surface area contributed by atoms with Crippen molar-refractivity contribution in [3.8, 4) is 5.88 Å². The zero-order chi connectivity index (χ0) is 17.4. The van der Waals surface area contributed by atoms with Gasteiger partial charge in [0.15, 0.2) is 5.69 Å². The fraction of sp³-hybridized carbons (Fsp3) is 0.105. The summed E-state index contributed by atoms with van der Waals surface area (Å²) in [5.74, 6) is -0.391. The zero-order valence-corrected chi connectivity index (χ0v) is 13.6. The second-order valence-electron chi connectivity index (χ2n) is 5.84. The van der Waals surface area contributed by atoms with Crippen molar-refractivity contribution in [2.75, 3.05) is 0 Å². The number of hydrogen-bond acceptors (Lipinski definition) is 3. The van der Waals surface area contributed by atoms with Crippen LogP contribution in [0.15, 0.2) is 71.0 Å². The van der Waals surface area contributed by atoms with E-state index in [0.29, 0.717) is 5.69 Å². The number of rotatable bonds is 3. The van der Waals surface area contributed by atoms with Crippen molar-refractivity contribution in [1.29, 1.82) is 0 Å². The van der Waals surface area contributed by atoms with Gasteiger partial charge in [-0.1, -0.05) is 36.4 Å². The van der Waals surface area contributed by atoms with Crippen LogP contribution in [0.2, 0.25) is 0 Å². The lowest BCUT2D eigenvalue weighted by molar-refractivity contribution is -0.118. The molecule has 0 radical (unpaired) electrons. The molecule has 0 aliphatic heterocycles. The Morgan fingerprint density at radius 2 is 1.76 bits per heavy atom. The normalized spacial score (nSPS) is 11.7. The van der Waals surface area contributed by atoms with Crippen LogP contribution in [-0.2, 0) is 18.4 Å². The summed E-state index contributed by atoms with van der Waals surface area (Å²) in [4.78, 5) is 12.2. The summed E-state index contributed by atoms with van der Waals surface area (Å²) in [6.45, 7) is 0.0997. The van der Waals surface area contributed by atoms with Crippen LogP contribution in [0.25, 0.3) is 21.8 Å². The van der Waals surface area contributed by atoms with Crippen LogP contribution in [0.3, 0.4) is 0 Å². The van der Waals surface area contributed by atoms with Gasteiger partial charge in [0, 0.05) is 24.1 Å². The van der Waals surface area contributed by atoms with Gasteiger partial charge in [-0.2, -0.15) is 0 Å². The van der Waals surface area contributed by atoms with Crippen molar-refractivity contribution in [3.63, 3.8) is 0 Å². The van der Waals surface area contributed by atoms with E-state index in [-0.39, 0.29) is 18.3 Å². The molecule has 1 amide bonds. The van der Waals surface area contributed by atoms with Gasteiger partial charge in [-0.25, -0.2) is 0 Å². The summed E-state index contributed by atoms with van der Waals surface area (Å²) < 4.78 is 3.45. The van der Waals surface area contributed by atoms with Crippen molar-refractivity contribution >= 4 is 33.4 Å². The quantitative estimate of drug-likeness (QED) is 0.572. The number of carbonyl (C=O) groups excluding carboxylic acids is 1. The van der Waals surface area contributed by atoms with Crippen molar-refractivity contribution in [3.05, 3.63) is 60.8 Å². The highest BCUT2D eigenvalue weighted by molar-refractivity contribution is 5.95. The third-order valence-electron chi connectivity index (χ3n) is 4.30. The van der Waals surface area contributed by atoms with Gasteiger partial charge < -0.3 is 14.2 Å². The average Bonchev–Trinajstić information content (AvgIpc) is 3.14. The van der Waals surface area contributed by atoms with E-state index in [4.69, 9.17) is 0 Å². The molecule has 2 aromatic heterocycles. The molecule has 0 fully saturated rings. The van der Waals surface area contributed by atoms with E-state index in [2.05, 4.69) is 10.2 Å². The highest BCUT2D eigenvalue weighted by Crippen LogP contribution is 2.37. The Bertz CT molecular complexity index is 1120. The SMILES string of the molecule is Cn1c(O)c(N=NC(=O)Cn2ccc3ccccc32)c2ccccc21. The summed E-state index contributed by atoms with van der Waals surface area (Å²) in [7, 11) is 1.74. The van der Waals surface area contributed by atoms with Crippen molar-refractivity contribution in [1.82, 2.24) is 9.13 Å². The molecule has 0 saturated heterocycles. The summed E-state index contributed by atoms with van der Waals surface area (Å²) in [5.41, 5.74) is 2.11. The second-order valence-corrected chi connectivity index (χ2v) is 5.84. The predicted molar refractivity (Wildman–Crippen MR) is 96.0 cm³/mol. The Morgan fingerprint density at radius 1 is 1.04 bits per heavy atom. The molecule has 0 saturated carbocycles. The van der Waals surface area contributed by atoms with Crippen LogP contribution in [0.5, 0.6) is 5.88 Å². The number of aromatic hydroxyl groups is 1. The summed E-state index contributed by atoms with van der Waals surface area (Å²) in [5, 5.41) is 19.8. The van der Waals surface area contributed by atoms with E-state index in [9.17, 15) is 9.90 Å². The average molecular weight is 332 g/mol. The van der Waals surface area contributed by atoms with Gasteiger partial charge in [-0.05, 0) is 23.6 Å². The Balaban J connectivity index is 1.62. The van der Waals surface area contributed by atoms with Crippen molar-refractivity contribution < 1.29 is 9.90 Å². The molecule has 4 aromatic rings. The van der Waals surface area contributed by atoms with Gasteiger partial charge >= 0.3 is 0 Å². The van der Waals surface area contributed by atoms with Crippen LogP contribution in [0, 0.1) is 0 Å². The van der Waals surface area contributed by atoms with E-state index in [1.807, 2.05) is 65.4 Å². The predicted octanol–water partition coefficient (Wildman–Crippen LogP) is 4.15. The third kappa shape index (κ3) is 2.57. The van der Waals surface area contributed by atoms with Crippen LogP contribution >= 0.6 is 0 Å². The molecule has 0 spiro atoms. The minimum Gasteiger partial charge on any atom is -0.493 e. The molecule has 124 valence electrons. The van der Waals surface area contributed by atoms with Crippen molar-refractivity contribution in [2.24, 2.45) is 17.3 Å². The molecule has 0 bridgehead atoms. The number of carbonyl (C=O) groups is 1. The molecular formula is C19H16N4O2. The monoisotopic (exact) mass is 332 g/mol. The lowest BCUT2D eigenvalue weighted by atomic mass is 10.2. The maximum atomic E-state index is 12.2. The first-order chi connectivity index (χ1) is 12.1. The maximum Gasteiger partial charge on any atom is 0.284 e. The van der Waals surface area contributed by atoms with Gasteiger partial charge in [-0.15, -0.1) is 10.2 Å². The molecule has 6 nitrogen and oxygen atoms in total. The smallest absolute Gasteiger partial charge is 0.284 e. The lowest BCUT2D eigenvalue weighted by Gasteiger charge is -2.01. The molecule has 0 atom stereocenters. The molecule has 0 aliphatic carbocycles. The summed E-state index contributed by atoms with van der Waals surface area (Å²) in [6.07, 6.45) is 1.85. The summed E-state index contributed by atoms with van der Waals surface area (Å²) in [6, 6.07) is 17.2. The van der Waals surface area contributed by atoms with Crippen molar-refractivity contribution in [2.45, 2.75) is 6.54 Å². The van der Waals surface area contributed by atoms with E-state index < -0.39 is 0 Å². The molecular weight excluding hydrogens is 316 g/mol. The number of amides is 1. The van der Waals surface area contributed by atoms with Crippen LogP contribution in [-0.4, -0.2) is 20.1 Å². The minimum atomic E-state index is -0.381. The van der Waals surface area contributed by atoms with Crippen LogP contribution in [0.1, 0.15) is 0 Å². The Hall–Kier alpha value is -3.41. The largest absolute Gasteiger partial charge is 0.493 e. The molecule has 4 rings (SSSR count). The van der Waals surface area contributed by atoms with Gasteiger partial charge in [-0.3, -0.25) is 4.79 Å². The molecule has 1 N–H and O–H groups in total.